The minimum atomic E-state index is -0.312. The first-order valence-corrected chi connectivity index (χ1v) is 6.72. The van der Waals surface area contributed by atoms with Crippen LogP contribution in [0.2, 0.25) is 0 Å². The van der Waals surface area contributed by atoms with Gasteiger partial charge in [0, 0.05) is 12.6 Å². The van der Waals surface area contributed by atoms with Crippen LogP contribution < -0.4 is 15.4 Å². The Hall–Kier alpha value is -2.56. The summed E-state index contributed by atoms with van der Waals surface area (Å²) in [6.45, 7) is 6.38. The number of ether oxygens (including phenoxy) is 1. The highest BCUT2D eigenvalue weighted by Gasteiger charge is 2.01. The average Bonchev–Trinajstić information content (AvgIpc) is 2.50. The summed E-state index contributed by atoms with van der Waals surface area (Å²) in [5, 5.41) is 5.10. The highest BCUT2D eigenvalue weighted by atomic mass is 16.5. The Bertz CT molecular complexity index is 507. The molecule has 0 aliphatic heterocycles. The van der Waals surface area contributed by atoms with Gasteiger partial charge in [0.1, 0.15) is 12.4 Å². The van der Waals surface area contributed by atoms with E-state index in [0.29, 0.717) is 13.2 Å². The summed E-state index contributed by atoms with van der Waals surface area (Å²) in [5.41, 5.74) is 0.870. The Labute approximate surface area is 124 Å². The Balaban J connectivity index is 2.42. The van der Waals surface area contributed by atoms with Crippen LogP contribution in [-0.4, -0.2) is 31.5 Å². The van der Waals surface area contributed by atoms with E-state index in [1.165, 1.54) is 6.08 Å². The zero-order valence-corrected chi connectivity index (χ0v) is 12.1. The van der Waals surface area contributed by atoms with E-state index in [2.05, 4.69) is 17.2 Å². The van der Waals surface area contributed by atoms with E-state index in [4.69, 9.17) is 4.74 Å². The maximum atomic E-state index is 11.5. The molecule has 5 heteroatoms. The molecule has 0 atom stereocenters. The van der Waals surface area contributed by atoms with Crippen molar-refractivity contribution in [1.82, 2.24) is 10.6 Å². The van der Waals surface area contributed by atoms with E-state index in [9.17, 15) is 9.59 Å². The molecule has 0 aliphatic carbocycles. The molecule has 0 heterocycles. The van der Waals surface area contributed by atoms with E-state index in [1.54, 1.807) is 12.2 Å². The molecule has 1 aromatic rings. The van der Waals surface area contributed by atoms with E-state index in [0.717, 1.165) is 11.3 Å². The highest BCUT2D eigenvalue weighted by Crippen LogP contribution is 2.13. The van der Waals surface area contributed by atoms with Crippen LogP contribution in [0.3, 0.4) is 0 Å². The van der Waals surface area contributed by atoms with Crippen LogP contribution in [0.15, 0.2) is 43.0 Å². The SMILES string of the molecule is C=CCOc1ccc(/C=C/C(=O)NCC(=O)NCC)cc1. The van der Waals surface area contributed by atoms with Gasteiger partial charge in [0.15, 0.2) is 0 Å². The maximum absolute atomic E-state index is 11.5. The molecule has 0 aliphatic rings. The lowest BCUT2D eigenvalue weighted by Crippen LogP contribution is -2.35. The van der Waals surface area contributed by atoms with E-state index in [1.807, 2.05) is 31.2 Å². The van der Waals surface area contributed by atoms with Crippen molar-refractivity contribution in [2.24, 2.45) is 0 Å². The van der Waals surface area contributed by atoms with Crippen LogP contribution >= 0.6 is 0 Å². The van der Waals surface area contributed by atoms with E-state index < -0.39 is 0 Å². The van der Waals surface area contributed by atoms with Crippen LogP contribution in [-0.2, 0) is 9.59 Å². The van der Waals surface area contributed by atoms with Gasteiger partial charge in [-0.3, -0.25) is 9.59 Å². The lowest BCUT2D eigenvalue weighted by Gasteiger charge is -2.03. The first-order valence-electron chi connectivity index (χ1n) is 6.72. The standard InChI is InChI=1S/C16H20N2O3/c1-3-11-21-14-8-5-13(6-9-14)7-10-15(19)18-12-16(20)17-4-2/h3,5-10H,1,4,11-12H2,2H3,(H,17,20)(H,18,19)/b10-7+. The smallest absolute Gasteiger partial charge is 0.244 e. The summed E-state index contributed by atoms with van der Waals surface area (Å²) in [5.74, 6) is 0.226. The van der Waals surface area contributed by atoms with Crippen molar-refractivity contribution in [3.8, 4) is 5.75 Å². The number of nitrogens with one attached hydrogen (secondary N) is 2. The summed E-state index contributed by atoms with van der Waals surface area (Å²) in [4.78, 5) is 22.7. The number of hydrogen-bond donors (Lipinski definition) is 2. The van der Waals surface area contributed by atoms with Crippen molar-refractivity contribution < 1.29 is 14.3 Å². The zero-order chi connectivity index (χ0) is 15.5. The molecule has 0 bridgehead atoms. The fourth-order valence-electron chi connectivity index (χ4n) is 1.49. The largest absolute Gasteiger partial charge is 0.490 e. The summed E-state index contributed by atoms with van der Waals surface area (Å²) in [6, 6.07) is 7.31. The molecule has 0 spiro atoms. The van der Waals surface area contributed by atoms with Gasteiger partial charge in [0.2, 0.25) is 11.8 Å². The van der Waals surface area contributed by atoms with Gasteiger partial charge in [0.25, 0.3) is 0 Å². The van der Waals surface area contributed by atoms with Gasteiger partial charge >= 0.3 is 0 Å². The second kappa shape index (κ2) is 9.36. The lowest BCUT2D eigenvalue weighted by molar-refractivity contribution is -0.123. The molecule has 0 unspecified atom stereocenters. The molecule has 1 aromatic carbocycles. The number of benzene rings is 1. The van der Waals surface area contributed by atoms with Crippen molar-refractivity contribution in [2.45, 2.75) is 6.92 Å². The summed E-state index contributed by atoms with van der Waals surface area (Å²) in [6.07, 6.45) is 4.73. The Kier molecular flexibility index (Phi) is 7.35. The Morgan fingerprint density at radius 1 is 1.24 bits per heavy atom. The second-order valence-corrected chi connectivity index (χ2v) is 4.17. The quantitative estimate of drug-likeness (QED) is 0.563. The Morgan fingerprint density at radius 3 is 2.57 bits per heavy atom. The van der Waals surface area contributed by atoms with Crippen molar-refractivity contribution >= 4 is 17.9 Å². The molecule has 0 radical (unpaired) electrons. The minimum absolute atomic E-state index is 0.0225. The normalized spacial score (nSPS) is 10.1. The fraction of sp³-hybridized carbons (Fsp3) is 0.250. The van der Waals surface area contributed by atoms with Gasteiger partial charge < -0.3 is 15.4 Å². The number of likely N-dealkylation sites (N-methyl/N-ethyl adjacent to an activating group) is 1. The van der Waals surface area contributed by atoms with E-state index in [-0.39, 0.29) is 18.4 Å². The van der Waals surface area contributed by atoms with Crippen molar-refractivity contribution in [2.75, 3.05) is 19.7 Å². The van der Waals surface area contributed by atoms with Crippen molar-refractivity contribution in [1.29, 1.82) is 0 Å². The average molecular weight is 288 g/mol. The van der Waals surface area contributed by atoms with Gasteiger partial charge in [-0.1, -0.05) is 24.8 Å². The number of hydrogen-bond acceptors (Lipinski definition) is 3. The molecule has 5 nitrogen and oxygen atoms in total. The van der Waals surface area contributed by atoms with E-state index >= 15 is 0 Å². The first kappa shape index (κ1) is 16.5. The molecular formula is C16H20N2O3. The predicted molar refractivity (Wildman–Crippen MR) is 82.9 cm³/mol. The topological polar surface area (TPSA) is 67.4 Å². The number of rotatable bonds is 8. The third kappa shape index (κ3) is 6.96. The third-order valence-corrected chi connectivity index (χ3v) is 2.47. The molecule has 2 N–H and O–H groups in total. The predicted octanol–water partition coefficient (Wildman–Crippen LogP) is 1.52. The molecule has 1 rings (SSSR count). The first-order chi connectivity index (χ1) is 10.2. The fourth-order valence-corrected chi connectivity index (χ4v) is 1.49. The molecule has 0 fully saturated rings. The van der Waals surface area contributed by atoms with Crippen molar-refractivity contribution in [3.05, 3.63) is 48.6 Å². The molecule has 0 saturated carbocycles. The molecule has 0 aromatic heterocycles. The summed E-state index contributed by atoms with van der Waals surface area (Å²) in [7, 11) is 0. The van der Waals surface area contributed by atoms with Gasteiger partial charge in [0.05, 0.1) is 6.54 Å². The zero-order valence-electron chi connectivity index (χ0n) is 12.1. The van der Waals surface area contributed by atoms with Crippen LogP contribution in [0.5, 0.6) is 5.75 Å². The number of amides is 2. The van der Waals surface area contributed by atoms with Crippen LogP contribution in [0, 0.1) is 0 Å². The van der Waals surface area contributed by atoms with Gasteiger partial charge in [-0.15, -0.1) is 0 Å². The van der Waals surface area contributed by atoms with Crippen molar-refractivity contribution in [3.63, 3.8) is 0 Å². The molecule has 21 heavy (non-hydrogen) atoms. The second-order valence-electron chi connectivity index (χ2n) is 4.17. The molecular weight excluding hydrogens is 268 g/mol. The molecule has 112 valence electrons. The third-order valence-electron chi connectivity index (χ3n) is 2.47. The minimum Gasteiger partial charge on any atom is -0.490 e. The molecule has 2 amide bonds. The van der Waals surface area contributed by atoms with Crippen LogP contribution in [0.25, 0.3) is 6.08 Å². The summed E-state index contributed by atoms with van der Waals surface area (Å²) >= 11 is 0. The van der Waals surface area contributed by atoms with Crippen LogP contribution in [0.1, 0.15) is 12.5 Å². The number of carbonyl (C=O) groups excluding carboxylic acids is 2. The van der Waals surface area contributed by atoms with Gasteiger partial charge in [-0.05, 0) is 30.7 Å². The number of carbonyl (C=O) groups is 2. The monoisotopic (exact) mass is 288 g/mol. The van der Waals surface area contributed by atoms with Gasteiger partial charge in [-0.2, -0.15) is 0 Å². The Morgan fingerprint density at radius 2 is 1.95 bits per heavy atom. The van der Waals surface area contributed by atoms with Gasteiger partial charge in [-0.25, -0.2) is 0 Å². The lowest BCUT2D eigenvalue weighted by atomic mass is 10.2. The summed E-state index contributed by atoms with van der Waals surface area (Å²) < 4.78 is 5.36. The highest BCUT2D eigenvalue weighted by molar-refractivity contribution is 5.94. The van der Waals surface area contributed by atoms with Crippen LogP contribution in [0.4, 0.5) is 0 Å². The molecule has 0 saturated heterocycles. The maximum Gasteiger partial charge on any atom is 0.244 e.